The van der Waals surface area contributed by atoms with Crippen LogP contribution < -0.4 is 0 Å². The van der Waals surface area contributed by atoms with Crippen molar-refractivity contribution >= 4 is 5.57 Å². The van der Waals surface area contributed by atoms with Crippen LogP contribution in [0.25, 0.3) is 16.7 Å². The van der Waals surface area contributed by atoms with E-state index in [0.29, 0.717) is 40.5 Å². The van der Waals surface area contributed by atoms with Gasteiger partial charge in [0, 0.05) is 16.7 Å². The summed E-state index contributed by atoms with van der Waals surface area (Å²) in [4.78, 5) is 0. The molecule has 39 heavy (non-hydrogen) atoms. The van der Waals surface area contributed by atoms with E-state index in [0.717, 1.165) is 63.4 Å². The number of halogens is 4. The molecule has 0 heterocycles. The molecule has 3 aliphatic carbocycles. The van der Waals surface area contributed by atoms with Crippen LogP contribution in [-0.4, -0.2) is 0 Å². The summed E-state index contributed by atoms with van der Waals surface area (Å²) in [6, 6.07) is 3.44. The molecule has 0 radical (unpaired) electrons. The number of fused-ring (bicyclic) bond motifs is 3. The fourth-order valence-electron chi connectivity index (χ4n) is 7.27. The van der Waals surface area contributed by atoms with E-state index < -0.39 is 23.3 Å². The minimum atomic E-state index is -1.04. The molecular formula is C35H42F4. The molecule has 2 aromatic rings. The first-order chi connectivity index (χ1) is 18.9. The largest absolute Gasteiger partial charge is 0.203 e. The van der Waals surface area contributed by atoms with E-state index in [1.54, 1.807) is 12.1 Å². The molecular weight excluding hydrogens is 496 g/mol. The molecule has 3 aliphatic rings. The van der Waals surface area contributed by atoms with E-state index in [9.17, 15) is 0 Å². The Morgan fingerprint density at radius 3 is 2.18 bits per heavy atom. The molecule has 0 amide bonds. The van der Waals surface area contributed by atoms with Crippen molar-refractivity contribution in [3.63, 3.8) is 0 Å². The topological polar surface area (TPSA) is 0 Å². The standard InChI is InChI=1S/C35H42F4/c1-3-5-7-9-22-11-15-24(16-12-22)28-20-26-19-27-21-29(25-17-13-23(14-18-25)10-8-6-4-2)33(37)35(39)31(27)30(26)34(38)32(28)36/h3,5,17,20-24H,4,6-16,18-19H2,1-2H3/b5-3+. The van der Waals surface area contributed by atoms with Crippen molar-refractivity contribution in [1.82, 2.24) is 0 Å². The molecule has 5 rings (SSSR count). The Morgan fingerprint density at radius 2 is 1.51 bits per heavy atom. The SMILES string of the molecule is C/C=C/CCC1CCC(c2cc3c(c(F)c2F)-c2c(cc(C4=CCC(CCCCC)CC4)c(F)c2F)C3)CC1. The third-order valence-corrected chi connectivity index (χ3v) is 9.58. The fraction of sp³-hybridized carbons (Fsp3) is 0.543. The Kier molecular flexibility index (Phi) is 8.99. The third kappa shape index (κ3) is 5.77. The molecule has 0 spiro atoms. The Labute approximate surface area is 231 Å². The molecule has 1 saturated carbocycles. The zero-order valence-corrected chi connectivity index (χ0v) is 23.5. The number of unbranched alkanes of at least 4 members (excludes halogenated alkanes) is 2. The first-order valence-corrected chi connectivity index (χ1v) is 15.2. The molecule has 0 bridgehead atoms. The van der Waals surface area contributed by atoms with E-state index >= 15 is 17.6 Å². The monoisotopic (exact) mass is 538 g/mol. The lowest BCUT2D eigenvalue weighted by Gasteiger charge is -2.29. The second-order valence-electron chi connectivity index (χ2n) is 12.1. The first kappa shape index (κ1) is 28.2. The van der Waals surface area contributed by atoms with Crippen LogP contribution in [0.2, 0.25) is 0 Å². The van der Waals surface area contributed by atoms with Gasteiger partial charge in [-0.15, -0.1) is 0 Å². The van der Waals surface area contributed by atoms with Crippen LogP contribution in [0.3, 0.4) is 0 Å². The van der Waals surface area contributed by atoms with Crippen LogP contribution in [0, 0.1) is 35.1 Å². The summed E-state index contributed by atoms with van der Waals surface area (Å²) in [6.45, 7) is 4.22. The van der Waals surface area contributed by atoms with Crippen LogP contribution in [0.4, 0.5) is 17.6 Å². The molecule has 2 aromatic carbocycles. The van der Waals surface area contributed by atoms with Gasteiger partial charge >= 0.3 is 0 Å². The number of allylic oxidation sites excluding steroid dienone is 4. The highest BCUT2D eigenvalue weighted by atomic mass is 19.2. The summed E-state index contributed by atoms with van der Waals surface area (Å²) >= 11 is 0. The van der Waals surface area contributed by atoms with E-state index in [1.165, 1.54) is 25.7 Å². The van der Waals surface area contributed by atoms with E-state index in [1.807, 2.05) is 6.92 Å². The predicted octanol–water partition coefficient (Wildman–Crippen LogP) is 11.2. The predicted molar refractivity (Wildman–Crippen MR) is 153 cm³/mol. The van der Waals surface area contributed by atoms with Gasteiger partial charge in [-0.3, -0.25) is 0 Å². The summed E-state index contributed by atoms with van der Waals surface area (Å²) in [5.41, 5.74) is 2.53. The quantitative estimate of drug-likeness (QED) is 0.144. The second-order valence-corrected chi connectivity index (χ2v) is 12.1. The van der Waals surface area contributed by atoms with Crippen molar-refractivity contribution in [2.45, 2.75) is 110 Å². The van der Waals surface area contributed by atoms with Gasteiger partial charge in [0.1, 0.15) is 0 Å². The van der Waals surface area contributed by atoms with E-state index in [-0.39, 0.29) is 17.0 Å². The molecule has 0 saturated heterocycles. The van der Waals surface area contributed by atoms with Crippen LogP contribution >= 0.6 is 0 Å². The maximum absolute atomic E-state index is 15.5. The van der Waals surface area contributed by atoms with Crippen LogP contribution in [-0.2, 0) is 6.42 Å². The van der Waals surface area contributed by atoms with Crippen molar-refractivity contribution in [1.29, 1.82) is 0 Å². The summed E-state index contributed by atoms with van der Waals surface area (Å²) in [5, 5.41) is 0. The molecule has 4 heteroatoms. The van der Waals surface area contributed by atoms with Gasteiger partial charge in [0.05, 0.1) is 0 Å². The summed E-state index contributed by atoms with van der Waals surface area (Å²) in [6.07, 6.45) is 19.9. The minimum Gasteiger partial charge on any atom is -0.203 e. The number of hydrogen-bond donors (Lipinski definition) is 0. The summed E-state index contributed by atoms with van der Waals surface area (Å²) < 4.78 is 61.9. The molecule has 0 nitrogen and oxygen atoms in total. The van der Waals surface area contributed by atoms with Gasteiger partial charge in [0.25, 0.3) is 0 Å². The molecule has 0 aliphatic heterocycles. The lowest BCUT2D eigenvalue weighted by atomic mass is 9.76. The smallest absolute Gasteiger partial charge is 0.167 e. The van der Waals surface area contributed by atoms with Crippen molar-refractivity contribution in [3.8, 4) is 11.1 Å². The van der Waals surface area contributed by atoms with Gasteiger partial charge in [-0.1, -0.05) is 56.9 Å². The van der Waals surface area contributed by atoms with Gasteiger partial charge in [-0.2, -0.15) is 0 Å². The highest BCUT2D eigenvalue weighted by Crippen LogP contribution is 2.47. The molecule has 1 atom stereocenters. The summed E-state index contributed by atoms with van der Waals surface area (Å²) in [5.74, 6) is -2.68. The molecule has 0 N–H and O–H groups in total. The Bertz CT molecular complexity index is 1250. The first-order valence-electron chi connectivity index (χ1n) is 15.2. The lowest BCUT2D eigenvalue weighted by Crippen LogP contribution is -2.15. The van der Waals surface area contributed by atoms with Crippen LogP contribution in [0.15, 0.2) is 30.4 Å². The van der Waals surface area contributed by atoms with Crippen LogP contribution in [0.1, 0.15) is 125 Å². The maximum Gasteiger partial charge on any atom is 0.167 e. The Hall–Kier alpha value is -2.36. The highest BCUT2D eigenvalue weighted by molar-refractivity contribution is 5.81. The third-order valence-electron chi connectivity index (χ3n) is 9.58. The van der Waals surface area contributed by atoms with Crippen molar-refractivity contribution in [2.24, 2.45) is 11.8 Å². The van der Waals surface area contributed by atoms with Crippen molar-refractivity contribution in [3.05, 3.63) is 75.9 Å². The lowest BCUT2D eigenvalue weighted by molar-refractivity contribution is 0.306. The van der Waals surface area contributed by atoms with Gasteiger partial charge in [-0.05, 0) is 117 Å². The summed E-state index contributed by atoms with van der Waals surface area (Å²) in [7, 11) is 0. The van der Waals surface area contributed by atoms with E-state index in [4.69, 9.17) is 0 Å². The van der Waals surface area contributed by atoms with Crippen LogP contribution in [0.5, 0.6) is 0 Å². The normalized spacial score (nSPS) is 22.7. The highest BCUT2D eigenvalue weighted by Gasteiger charge is 2.34. The molecule has 1 unspecified atom stereocenters. The van der Waals surface area contributed by atoms with Gasteiger partial charge in [0.2, 0.25) is 0 Å². The zero-order chi connectivity index (χ0) is 27.5. The molecule has 1 fully saturated rings. The number of rotatable bonds is 9. The molecule has 0 aromatic heterocycles. The van der Waals surface area contributed by atoms with E-state index in [2.05, 4.69) is 25.2 Å². The Morgan fingerprint density at radius 1 is 0.795 bits per heavy atom. The maximum atomic E-state index is 15.5. The zero-order valence-electron chi connectivity index (χ0n) is 23.5. The minimum absolute atomic E-state index is 0.0266. The second kappa shape index (κ2) is 12.4. The Balaban J connectivity index is 1.36. The van der Waals surface area contributed by atoms with Crippen molar-refractivity contribution in [2.75, 3.05) is 0 Å². The number of benzene rings is 2. The average molecular weight is 539 g/mol. The van der Waals surface area contributed by atoms with Crippen molar-refractivity contribution < 1.29 is 17.6 Å². The number of hydrogen-bond acceptors (Lipinski definition) is 0. The van der Waals surface area contributed by atoms with Gasteiger partial charge in [0.15, 0.2) is 23.3 Å². The van der Waals surface area contributed by atoms with Gasteiger partial charge < -0.3 is 0 Å². The van der Waals surface area contributed by atoms with Gasteiger partial charge in [-0.25, -0.2) is 17.6 Å². The molecule has 210 valence electrons. The fourth-order valence-corrected chi connectivity index (χ4v) is 7.27. The average Bonchev–Trinajstić information content (AvgIpc) is 3.32.